The van der Waals surface area contributed by atoms with Gasteiger partial charge in [0.2, 0.25) is 5.91 Å². The number of carbonyl (C=O) groups is 1. The molecule has 0 saturated carbocycles. The minimum absolute atomic E-state index is 0.294. The van der Waals surface area contributed by atoms with Crippen molar-refractivity contribution in [3.8, 4) is 0 Å². The maximum absolute atomic E-state index is 12.2. The summed E-state index contributed by atoms with van der Waals surface area (Å²) in [5.74, 6) is 0.294. The SMILES string of the molecule is CCCN(CCC)C(=O)CN1CCNC[C@@H]1C. The van der Waals surface area contributed by atoms with E-state index in [1.54, 1.807) is 0 Å². The minimum Gasteiger partial charge on any atom is -0.342 e. The van der Waals surface area contributed by atoms with E-state index < -0.39 is 0 Å². The molecule has 17 heavy (non-hydrogen) atoms. The number of nitrogens with zero attached hydrogens (tertiary/aromatic N) is 2. The Morgan fingerprint density at radius 3 is 2.53 bits per heavy atom. The normalized spacial score (nSPS) is 21.5. The van der Waals surface area contributed by atoms with E-state index in [4.69, 9.17) is 0 Å². The molecule has 0 aromatic carbocycles. The summed E-state index contributed by atoms with van der Waals surface area (Å²) in [7, 11) is 0. The lowest BCUT2D eigenvalue weighted by Crippen LogP contribution is -2.53. The number of rotatable bonds is 6. The molecule has 1 aliphatic rings. The molecule has 0 spiro atoms. The zero-order chi connectivity index (χ0) is 12.7. The van der Waals surface area contributed by atoms with E-state index in [-0.39, 0.29) is 0 Å². The molecule has 1 atom stereocenters. The van der Waals surface area contributed by atoms with Crippen LogP contribution in [0.4, 0.5) is 0 Å². The largest absolute Gasteiger partial charge is 0.342 e. The second-order valence-electron chi connectivity index (χ2n) is 4.90. The molecule has 1 saturated heterocycles. The molecule has 0 unspecified atom stereocenters. The van der Waals surface area contributed by atoms with Crippen LogP contribution in [0.3, 0.4) is 0 Å². The Labute approximate surface area is 105 Å². The number of carbonyl (C=O) groups excluding carboxylic acids is 1. The summed E-state index contributed by atoms with van der Waals surface area (Å²) in [6, 6.07) is 0.470. The molecule has 1 heterocycles. The van der Waals surface area contributed by atoms with Crippen LogP contribution in [0.15, 0.2) is 0 Å². The molecule has 0 aliphatic carbocycles. The number of amides is 1. The van der Waals surface area contributed by atoms with Crippen molar-refractivity contribution in [1.82, 2.24) is 15.1 Å². The molecular weight excluding hydrogens is 214 g/mol. The van der Waals surface area contributed by atoms with E-state index in [0.717, 1.165) is 45.6 Å². The maximum atomic E-state index is 12.2. The Kier molecular flexibility index (Phi) is 6.52. The van der Waals surface area contributed by atoms with Gasteiger partial charge in [-0.2, -0.15) is 0 Å². The summed E-state index contributed by atoms with van der Waals surface area (Å²) in [5, 5.41) is 3.35. The molecule has 100 valence electrons. The highest BCUT2D eigenvalue weighted by Crippen LogP contribution is 2.04. The predicted molar refractivity (Wildman–Crippen MR) is 71.1 cm³/mol. The number of piperazine rings is 1. The Hall–Kier alpha value is -0.610. The van der Waals surface area contributed by atoms with E-state index in [9.17, 15) is 4.79 Å². The average Bonchev–Trinajstić information content (AvgIpc) is 2.32. The zero-order valence-electron chi connectivity index (χ0n) is 11.5. The van der Waals surface area contributed by atoms with Crippen molar-refractivity contribution in [3.63, 3.8) is 0 Å². The van der Waals surface area contributed by atoms with Gasteiger partial charge in [0.1, 0.15) is 0 Å². The van der Waals surface area contributed by atoms with Crippen LogP contribution in [0.1, 0.15) is 33.6 Å². The molecule has 0 radical (unpaired) electrons. The first-order valence-corrected chi connectivity index (χ1v) is 6.91. The van der Waals surface area contributed by atoms with Crippen LogP contribution in [-0.4, -0.2) is 61.0 Å². The molecule has 1 N–H and O–H groups in total. The van der Waals surface area contributed by atoms with E-state index >= 15 is 0 Å². The van der Waals surface area contributed by atoms with Crippen molar-refractivity contribution in [3.05, 3.63) is 0 Å². The molecule has 4 nitrogen and oxygen atoms in total. The van der Waals surface area contributed by atoms with Gasteiger partial charge in [-0.3, -0.25) is 9.69 Å². The van der Waals surface area contributed by atoms with Crippen LogP contribution >= 0.6 is 0 Å². The molecule has 1 amide bonds. The number of hydrogen-bond acceptors (Lipinski definition) is 3. The Morgan fingerprint density at radius 2 is 2.00 bits per heavy atom. The fourth-order valence-electron chi connectivity index (χ4n) is 2.29. The Morgan fingerprint density at radius 1 is 1.35 bits per heavy atom. The minimum atomic E-state index is 0.294. The van der Waals surface area contributed by atoms with Crippen molar-refractivity contribution in [2.24, 2.45) is 0 Å². The lowest BCUT2D eigenvalue weighted by atomic mass is 10.2. The van der Waals surface area contributed by atoms with Gasteiger partial charge in [0, 0.05) is 38.8 Å². The third-order valence-corrected chi connectivity index (χ3v) is 3.32. The van der Waals surface area contributed by atoms with Crippen LogP contribution < -0.4 is 5.32 Å². The van der Waals surface area contributed by atoms with E-state index in [2.05, 4.69) is 31.0 Å². The lowest BCUT2D eigenvalue weighted by Gasteiger charge is -2.34. The van der Waals surface area contributed by atoms with Gasteiger partial charge in [-0.15, -0.1) is 0 Å². The molecule has 1 aliphatic heterocycles. The Bertz CT molecular complexity index is 227. The molecule has 1 rings (SSSR count). The summed E-state index contributed by atoms with van der Waals surface area (Å²) in [6.45, 7) is 11.8. The quantitative estimate of drug-likeness (QED) is 0.751. The van der Waals surface area contributed by atoms with Crippen molar-refractivity contribution in [1.29, 1.82) is 0 Å². The molecule has 0 bridgehead atoms. The van der Waals surface area contributed by atoms with Crippen molar-refractivity contribution in [2.75, 3.05) is 39.3 Å². The second-order valence-corrected chi connectivity index (χ2v) is 4.90. The number of hydrogen-bond donors (Lipinski definition) is 1. The van der Waals surface area contributed by atoms with Crippen LogP contribution in [0, 0.1) is 0 Å². The van der Waals surface area contributed by atoms with Crippen LogP contribution in [-0.2, 0) is 4.79 Å². The van der Waals surface area contributed by atoms with Gasteiger partial charge in [-0.05, 0) is 19.8 Å². The Balaban J connectivity index is 2.44. The summed E-state index contributed by atoms with van der Waals surface area (Å²) >= 11 is 0. The van der Waals surface area contributed by atoms with Gasteiger partial charge in [-0.25, -0.2) is 0 Å². The molecule has 1 fully saturated rings. The molecule has 0 aromatic rings. The summed E-state index contributed by atoms with van der Waals surface area (Å²) in [4.78, 5) is 16.5. The summed E-state index contributed by atoms with van der Waals surface area (Å²) < 4.78 is 0. The highest BCUT2D eigenvalue weighted by molar-refractivity contribution is 5.78. The number of nitrogens with one attached hydrogen (secondary N) is 1. The third-order valence-electron chi connectivity index (χ3n) is 3.32. The standard InChI is InChI=1S/C13H27N3O/c1-4-7-15(8-5-2)13(17)11-16-9-6-14-10-12(16)3/h12,14H,4-11H2,1-3H3/t12-/m0/s1. The van der Waals surface area contributed by atoms with Crippen molar-refractivity contribution < 1.29 is 4.79 Å². The third kappa shape index (κ3) is 4.64. The van der Waals surface area contributed by atoms with Crippen LogP contribution in [0.5, 0.6) is 0 Å². The van der Waals surface area contributed by atoms with Crippen LogP contribution in [0.25, 0.3) is 0 Å². The van der Waals surface area contributed by atoms with E-state index in [1.165, 1.54) is 0 Å². The molecule has 0 aromatic heterocycles. The van der Waals surface area contributed by atoms with Crippen LogP contribution in [0.2, 0.25) is 0 Å². The second kappa shape index (κ2) is 7.67. The zero-order valence-corrected chi connectivity index (χ0v) is 11.5. The average molecular weight is 241 g/mol. The predicted octanol–water partition coefficient (Wildman–Crippen LogP) is 0.929. The topological polar surface area (TPSA) is 35.6 Å². The highest BCUT2D eigenvalue weighted by atomic mass is 16.2. The van der Waals surface area contributed by atoms with Crippen molar-refractivity contribution in [2.45, 2.75) is 39.7 Å². The van der Waals surface area contributed by atoms with Gasteiger partial charge in [0.05, 0.1) is 6.54 Å². The summed E-state index contributed by atoms with van der Waals surface area (Å²) in [5.41, 5.74) is 0. The van der Waals surface area contributed by atoms with Gasteiger partial charge in [-0.1, -0.05) is 13.8 Å². The molecule has 4 heteroatoms. The van der Waals surface area contributed by atoms with Gasteiger partial charge in [0.15, 0.2) is 0 Å². The highest BCUT2D eigenvalue weighted by Gasteiger charge is 2.22. The van der Waals surface area contributed by atoms with E-state index in [0.29, 0.717) is 18.5 Å². The van der Waals surface area contributed by atoms with Gasteiger partial charge < -0.3 is 10.2 Å². The van der Waals surface area contributed by atoms with Crippen molar-refractivity contribution >= 4 is 5.91 Å². The monoisotopic (exact) mass is 241 g/mol. The van der Waals surface area contributed by atoms with Gasteiger partial charge >= 0.3 is 0 Å². The smallest absolute Gasteiger partial charge is 0.236 e. The first-order chi connectivity index (χ1) is 8.19. The maximum Gasteiger partial charge on any atom is 0.236 e. The van der Waals surface area contributed by atoms with Gasteiger partial charge in [0.25, 0.3) is 0 Å². The van der Waals surface area contributed by atoms with E-state index in [1.807, 2.05) is 4.90 Å². The fraction of sp³-hybridized carbons (Fsp3) is 0.923. The first-order valence-electron chi connectivity index (χ1n) is 6.91. The lowest BCUT2D eigenvalue weighted by molar-refractivity contribution is -0.133. The summed E-state index contributed by atoms with van der Waals surface area (Å²) in [6.07, 6.45) is 2.09. The fourth-order valence-corrected chi connectivity index (χ4v) is 2.29. The first kappa shape index (κ1) is 14.5. The molecular formula is C13H27N3O.